The molecule has 0 saturated carbocycles. The molecule has 0 aromatic carbocycles. The fourth-order valence-electron chi connectivity index (χ4n) is 0.543. The van der Waals surface area contributed by atoms with Crippen molar-refractivity contribution in [3.63, 3.8) is 0 Å². The molecule has 0 radical (unpaired) electrons. The largest absolute Gasteiger partial charge is 0.270 e. The minimum absolute atomic E-state index is 1.16. The Hall–Kier alpha value is -0.590. The first-order valence-electron chi connectivity index (χ1n) is 3.54. The predicted molar refractivity (Wildman–Crippen MR) is 42.8 cm³/mol. The third-order valence-electron chi connectivity index (χ3n) is 1.06. The van der Waals surface area contributed by atoms with Crippen LogP contribution in [0.25, 0.3) is 0 Å². The molecule has 0 fully saturated rings. The first-order valence-corrected chi connectivity index (χ1v) is 3.54. The van der Waals surface area contributed by atoms with Crippen LogP contribution in [0.5, 0.6) is 0 Å². The summed E-state index contributed by atoms with van der Waals surface area (Å²) in [6.45, 7) is 4.11. The Morgan fingerprint density at radius 3 is 2.78 bits per heavy atom. The van der Waals surface area contributed by atoms with Crippen molar-refractivity contribution in [3.05, 3.63) is 12.3 Å². The maximum atomic E-state index is 3.94. The SMILES string of the molecule is CC=N/C=C\CCCC. The summed E-state index contributed by atoms with van der Waals surface area (Å²) in [6, 6.07) is 0. The average molecular weight is 125 g/mol. The molecule has 0 N–H and O–H groups in total. The summed E-state index contributed by atoms with van der Waals surface area (Å²) in [6.07, 6.45) is 9.45. The van der Waals surface area contributed by atoms with Gasteiger partial charge in [-0.3, -0.25) is 4.99 Å². The summed E-state index contributed by atoms with van der Waals surface area (Å²) in [5.41, 5.74) is 0. The molecule has 0 aliphatic heterocycles. The van der Waals surface area contributed by atoms with Crippen LogP contribution in [0.1, 0.15) is 33.1 Å². The molecule has 0 spiro atoms. The highest BCUT2D eigenvalue weighted by Crippen LogP contribution is 1.94. The number of aliphatic imine (C=N–C) groups is 1. The average Bonchev–Trinajstić information content (AvgIpc) is 1.89. The third-order valence-corrected chi connectivity index (χ3v) is 1.06. The third kappa shape index (κ3) is 7.41. The van der Waals surface area contributed by atoms with E-state index in [2.05, 4.69) is 18.0 Å². The Morgan fingerprint density at radius 1 is 1.44 bits per heavy atom. The molecule has 1 heteroatoms. The zero-order chi connectivity index (χ0) is 6.95. The Morgan fingerprint density at radius 2 is 2.22 bits per heavy atom. The molecule has 52 valence electrons. The van der Waals surface area contributed by atoms with Crippen molar-refractivity contribution >= 4 is 6.21 Å². The fourth-order valence-corrected chi connectivity index (χ4v) is 0.543. The quantitative estimate of drug-likeness (QED) is 0.404. The van der Waals surface area contributed by atoms with Gasteiger partial charge in [-0.1, -0.05) is 25.8 Å². The normalized spacial score (nSPS) is 11.8. The van der Waals surface area contributed by atoms with Gasteiger partial charge in [-0.05, 0) is 13.3 Å². The highest BCUT2D eigenvalue weighted by molar-refractivity contribution is 5.54. The molecule has 0 aromatic rings. The van der Waals surface area contributed by atoms with E-state index in [1.54, 1.807) is 6.21 Å². The van der Waals surface area contributed by atoms with Crippen LogP contribution in [0.3, 0.4) is 0 Å². The molecule has 0 amide bonds. The molecule has 0 aliphatic rings. The van der Waals surface area contributed by atoms with Crippen LogP contribution in [-0.4, -0.2) is 6.21 Å². The summed E-state index contributed by atoms with van der Waals surface area (Å²) >= 11 is 0. The zero-order valence-electron chi connectivity index (χ0n) is 6.30. The number of hydrogen-bond acceptors (Lipinski definition) is 1. The molecule has 0 aromatic heterocycles. The monoisotopic (exact) mass is 125 g/mol. The molecule has 1 nitrogen and oxygen atoms in total. The molecule has 0 rings (SSSR count). The maximum Gasteiger partial charge on any atom is 0.0223 e. The van der Waals surface area contributed by atoms with E-state index in [-0.39, 0.29) is 0 Å². The van der Waals surface area contributed by atoms with Crippen LogP contribution in [0.4, 0.5) is 0 Å². The van der Waals surface area contributed by atoms with Crippen LogP contribution in [0.15, 0.2) is 17.3 Å². The summed E-state index contributed by atoms with van der Waals surface area (Å²) in [5, 5.41) is 0. The summed E-state index contributed by atoms with van der Waals surface area (Å²) in [7, 11) is 0. The lowest BCUT2D eigenvalue weighted by Gasteiger charge is -1.84. The van der Waals surface area contributed by atoms with E-state index in [0.717, 1.165) is 6.42 Å². The van der Waals surface area contributed by atoms with Gasteiger partial charge >= 0.3 is 0 Å². The number of allylic oxidation sites excluding steroid dienone is 1. The standard InChI is InChI=1S/C8H15N/c1-3-5-6-7-8-9-4-2/h4,7-8H,3,5-6H2,1-2H3/b8-7-,9-4?. The first-order chi connectivity index (χ1) is 4.41. The summed E-state index contributed by atoms with van der Waals surface area (Å²) in [5.74, 6) is 0. The molecule has 0 saturated heterocycles. The lowest BCUT2D eigenvalue weighted by molar-refractivity contribution is 0.814. The second kappa shape index (κ2) is 7.41. The second-order valence-electron chi connectivity index (χ2n) is 1.93. The van der Waals surface area contributed by atoms with E-state index in [9.17, 15) is 0 Å². The van der Waals surface area contributed by atoms with E-state index in [4.69, 9.17) is 0 Å². The molecular formula is C8H15N. The van der Waals surface area contributed by atoms with Gasteiger partial charge in [-0.15, -0.1) is 0 Å². The van der Waals surface area contributed by atoms with Crippen molar-refractivity contribution in [2.24, 2.45) is 4.99 Å². The van der Waals surface area contributed by atoms with Crippen molar-refractivity contribution in [2.75, 3.05) is 0 Å². The minimum Gasteiger partial charge on any atom is -0.270 e. The van der Waals surface area contributed by atoms with Crippen LogP contribution < -0.4 is 0 Å². The number of unbranched alkanes of at least 4 members (excludes halogenated alkanes) is 2. The van der Waals surface area contributed by atoms with Crippen molar-refractivity contribution in [1.29, 1.82) is 0 Å². The van der Waals surface area contributed by atoms with E-state index in [1.807, 2.05) is 13.1 Å². The van der Waals surface area contributed by atoms with Crippen LogP contribution in [0.2, 0.25) is 0 Å². The van der Waals surface area contributed by atoms with Crippen LogP contribution in [-0.2, 0) is 0 Å². The van der Waals surface area contributed by atoms with Gasteiger partial charge in [0.15, 0.2) is 0 Å². The number of hydrogen-bond donors (Lipinski definition) is 0. The van der Waals surface area contributed by atoms with Gasteiger partial charge in [0.1, 0.15) is 0 Å². The summed E-state index contributed by atoms with van der Waals surface area (Å²) < 4.78 is 0. The molecule has 0 bridgehead atoms. The van der Waals surface area contributed by atoms with Gasteiger partial charge in [0.2, 0.25) is 0 Å². The molecule has 0 unspecified atom stereocenters. The fraction of sp³-hybridized carbons (Fsp3) is 0.625. The smallest absolute Gasteiger partial charge is 0.0223 e. The van der Waals surface area contributed by atoms with E-state index >= 15 is 0 Å². The van der Waals surface area contributed by atoms with E-state index < -0.39 is 0 Å². The Bertz CT molecular complexity index is 92.7. The van der Waals surface area contributed by atoms with E-state index in [0.29, 0.717) is 0 Å². The maximum absolute atomic E-state index is 3.94. The minimum atomic E-state index is 1.16. The van der Waals surface area contributed by atoms with Crippen LogP contribution >= 0.6 is 0 Å². The van der Waals surface area contributed by atoms with Crippen molar-refractivity contribution in [2.45, 2.75) is 33.1 Å². The van der Waals surface area contributed by atoms with Gasteiger partial charge in [0.05, 0.1) is 0 Å². The van der Waals surface area contributed by atoms with Gasteiger partial charge in [0.25, 0.3) is 0 Å². The van der Waals surface area contributed by atoms with Gasteiger partial charge in [-0.25, -0.2) is 0 Å². The molecular weight excluding hydrogens is 110 g/mol. The topological polar surface area (TPSA) is 12.4 Å². The molecule has 0 heterocycles. The lowest BCUT2D eigenvalue weighted by atomic mass is 10.2. The lowest BCUT2D eigenvalue weighted by Crippen LogP contribution is -1.65. The zero-order valence-corrected chi connectivity index (χ0v) is 6.30. The predicted octanol–water partition coefficient (Wildman–Crippen LogP) is 2.78. The highest BCUT2D eigenvalue weighted by atomic mass is 14.6. The van der Waals surface area contributed by atoms with Crippen molar-refractivity contribution in [3.8, 4) is 0 Å². The molecule has 0 aliphatic carbocycles. The summed E-state index contributed by atoms with van der Waals surface area (Å²) in [4.78, 5) is 3.94. The van der Waals surface area contributed by atoms with Crippen molar-refractivity contribution in [1.82, 2.24) is 0 Å². The van der Waals surface area contributed by atoms with Crippen molar-refractivity contribution < 1.29 is 0 Å². The second-order valence-corrected chi connectivity index (χ2v) is 1.93. The van der Waals surface area contributed by atoms with Gasteiger partial charge < -0.3 is 0 Å². The van der Waals surface area contributed by atoms with Crippen LogP contribution in [0, 0.1) is 0 Å². The van der Waals surface area contributed by atoms with Gasteiger partial charge in [-0.2, -0.15) is 0 Å². The first kappa shape index (κ1) is 8.41. The molecule has 9 heavy (non-hydrogen) atoms. The number of rotatable bonds is 4. The highest BCUT2D eigenvalue weighted by Gasteiger charge is 1.74. The number of nitrogens with zero attached hydrogens (tertiary/aromatic N) is 1. The molecule has 0 atom stereocenters. The Kier molecular flexibility index (Phi) is 6.92. The Balaban J connectivity index is 3.04. The van der Waals surface area contributed by atoms with E-state index in [1.165, 1.54) is 12.8 Å². The Labute approximate surface area is 57.5 Å². The van der Waals surface area contributed by atoms with Gasteiger partial charge in [0, 0.05) is 12.4 Å².